The Morgan fingerprint density at radius 1 is 1.00 bits per heavy atom. The van der Waals surface area contributed by atoms with Crippen LogP contribution in [0.1, 0.15) is 18.5 Å². The van der Waals surface area contributed by atoms with Crippen molar-refractivity contribution in [2.75, 3.05) is 5.32 Å². The van der Waals surface area contributed by atoms with Gasteiger partial charge in [0.25, 0.3) is 0 Å². The summed E-state index contributed by atoms with van der Waals surface area (Å²) in [5, 5.41) is 5.75. The van der Waals surface area contributed by atoms with Crippen molar-refractivity contribution in [3.8, 4) is 0 Å². The molecule has 2 aromatic carbocycles. The Kier molecular flexibility index (Phi) is 4.00. The van der Waals surface area contributed by atoms with Gasteiger partial charge in [0.1, 0.15) is 0 Å². The van der Waals surface area contributed by atoms with Crippen molar-refractivity contribution < 1.29 is 0 Å². The monoisotopic (exact) mass is 316 g/mol. The molecule has 3 rings (SSSR count). The fourth-order valence-electron chi connectivity index (χ4n) is 2.33. The molecule has 0 aliphatic rings. The number of anilines is 1. The van der Waals surface area contributed by atoms with Gasteiger partial charge in [0.2, 0.25) is 0 Å². The van der Waals surface area contributed by atoms with Crippen molar-refractivity contribution in [2.45, 2.75) is 13.0 Å². The van der Waals surface area contributed by atoms with E-state index in [9.17, 15) is 0 Å². The maximum Gasteiger partial charge on any atom is 0.0722 e. The average Bonchev–Trinajstić information content (AvgIpc) is 2.50. The first-order valence-corrected chi connectivity index (χ1v) is 7.46. The highest BCUT2D eigenvalue weighted by Gasteiger charge is 2.09. The smallest absolute Gasteiger partial charge is 0.0722 e. The van der Waals surface area contributed by atoms with Gasteiger partial charge in [-0.05, 0) is 48.9 Å². The van der Waals surface area contributed by atoms with E-state index < -0.39 is 0 Å². The van der Waals surface area contributed by atoms with Gasteiger partial charge in [-0.25, -0.2) is 0 Å². The van der Waals surface area contributed by atoms with Crippen molar-refractivity contribution >= 4 is 39.8 Å². The normalized spacial score (nSPS) is 12.3. The molecule has 3 aromatic rings. The largest absolute Gasteiger partial charge is 0.378 e. The molecule has 0 aliphatic carbocycles. The molecule has 0 saturated carbocycles. The van der Waals surface area contributed by atoms with E-state index in [1.54, 1.807) is 6.20 Å². The van der Waals surface area contributed by atoms with Crippen molar-refractivity contribution in [3.63, 3.8) is 0 Å². The van der Waals surface area contributed by atoms with Crippen molar-refractivity contribution in [1.29, 1.82) is 0 Å². The highest BCUT2D eigenvalue weighted by Crippen LogP contribution is 2.29. The Bertz CT molecular complexity index is 781. The number of benzene rings is 2. The molecule has 0 amide bonds. The molecule has 0 aliphatic heterocycles. The summed E-state index contributed by atoms with van der Waals surface area (Å²) in [5.41, 5.74) is 3.12. The second-order valence-electron chi connectivity index (χ2n) is 4.92. The van der Waals surface area contributed by atoms with Crippen LogP contribution in [0.15, 0.2) is 54.7 Å². The summed E-state index contributed by atoms with van der Waals surface area (Å²) in [6, 6.07) is 15.9. The number of aromatic nitrogens is 1. The van der Waals surface area contributed by atoms with Crippen molar-refractivity contribution in [2.24, 2.45) is 0 Å². The van der Waals surface area contributed by atoms with Crippen molar-refractivity contribution in [1.82, 2.24) is 4.98 Å². The molecule has 1 unspecified atom stereocenters. The zero-order chi connectivity index (χ0) is 14.8. The molecular weight excluding hydrogens is 303 g/mol. The van der Waals surface area contributed by atoms with E-state index in [0.29, 0.717) is 10.0 Å². The topological polar surface area (TPSA) is 24.9 Å². The minimum atomic E-state index is 0.116. The van der Waals surface area contributed by atoms with Gasteiger partial charge >= 0.3 is 0 Å². The summed E-state index contributed by atoms with van der Waals surface area (Å²) < 4.78 is 0. The lowest BCUT2D eigenvalue weighted by Crippen LogP contribution is -2.07. The lowest BCUT2D eigenvalue weighted by molar-refractivity contribution is 0.887. The lowest BCUT2D eigenvalue weighted by atomic mass is 10.1. The molecule has 0 fully saturated rings. The zero-order valence-electron chi connectivity index (χ0n) is 11.5. The molecular formula is C17H14Cl2N2. The standard InChI is InChI=1S/C17H14Cl2N2/c1-11(12-7-8-14(18)15(19)10-12)21-17-6-2-5-16-13(17)4-3-9-20-16/h2-11,21H,1H3. The van der Waals surface area contributed by atoms with Crippen LogP contribution in [0, 0.1) is 0 Å². The number of hydrogen-bond acceptors (Lipinski definition) is 2. The second kappa shape index (κ2) is 5.92. The van der Waals surface area contributed by atoms with Gasteiger partial charge in [0, 0.05) is 23.3 Å². The first-order chi connectivity index (χ1) is 10.1. The third kappa shape index (κ3) is 2.97. The molecule has 0 saturated heterocycles. The van der Waals surface area contributed by atoms with Crippen LogP contribution >= 0.6 is 23.2 Å². The van der Waals surface area contributed by atoms with E-state index in [1.165, 1.54) is 0 Å². The van der Waals surface area contributed by atoms with Gasteiger partial charge in [-0.2, -0.15) is 0 Å². The minimum absolute atomic E-state index is 0.116. The SMILES string of the molecule is CC(Nc1cccc2ncccc12)c1ccc(Cl)c(Cl)c1. The van der Waals surface area contributed by atoms with E-state index in [1.807, 2.05) is 36.4 Å². The number of nitrogens with zero attached hydrogens (tertiary/aromatic N) is 1. The fourth-order valence-corrected chi connectivity index (χ4v) is 2.63. The fraction of sp³-hybridized carbons (Fsp3) is 0.118. The van der Waals surface area contributed by atoms with Crippen LogP contribution in [-0.4, -0.2) is 4.98 Å². The van der Waals surface area contributed by atoms with E-state index in [0.717, 1.165) is 22.2 Å². The molecule has 1 aromatic heterocycles. The van der Waals surface area contributed by atoms with Crippen LogP contribution in [-0.2, 0) is 0 Å². The maximum absolute atomic E-state index is 6.09. The van der Waals surface area contributed by atoms with Crippen LogP contribution in [0.5, 0.6) is 0 Å². The first kappa shape index (κ1) is 14.2. The van der Waals surface area contributed by atoms with Gasteiger partial charge in [0.15, 0.2) is 0 Å². The predicted molar refractivity (Wildman–Crippen MR) is 90.2 cm³/mol. The third-order valence-corrected chi connectivity index (χ3v) is 4.20. The highest BCUT2D eigenvalue weighted by atomic mass is 35.5. The molecule has 2 nitrogen and oxygen atoms in total. The zero-order valence-corrected chi connectivity index (χ0v) is 13.0. The summed E-state index contributed by atoms with van der Waals surface area (Å²) in [6.07, 6.45) is 1.80. The quantitative estimate of drug-likeness (QED) is 0.669. The van der Waals surface area contributed by atoms with E-state index in [4.69, 9.17) is 23.2 Å². The maximum atomic E-state index is 6.09. The molecule has 1 atom stereocenters. The van der Waals surface area contributed by atoms with Crippen LogP contribution in [0.25, 0.3) is 10.9 Å². The lowest BCUT2D eigenvalue weighted by Gasteiger charge is -2.17. The molecule has 106 valence electrons. The Labute approximate surface area is 133 Å². The number of halogens is 2. The van der Waals surface area contributed by atoms with Gasteiger partial charge in [-0.15, -0.1) is 0 Å². The molecule has 1 N–H and O–H groups in total. The van der Waals surface area contributed by atoms with Crippen LogP contribution in [0.3, 0.4) is 0 Å². The highest BCUT2D eigenvalue weighted by molar-refractivity contribution is 6.42. The van der Waals surface area contributed by atoms with E-state index >= 15 is 0 Å². The van der Waals surface area contributed by atoms with Crippen LogP contribution < -0.4 is 5.32 Å². The van der Waals surface area contributed by atoms with Gasteiger partial charge in [-0.3, -0.25) is 4.98 Å². The van der Waals surface area contributed by atoms with Crippen molar-refractivity contribution in [3.05, 3.63) is 70.3 Å². The Morgan fingerprint density at radius 2 is 1.86 bits per heavy atom. The van der Waals surface area contributed by atoms with Gasteiger partial charge in [0.05, 0.1) is 15.6 Å². The summed E-state index contributed by atoms with van der Waals surface area (Å²) in [6.45, 7) is 2.09. The molecule has 21 heavy (non-hydrogen) atoms. The summed E-state index contributed by atoms with van der Waals surface area (Å²) in [5.74, 6) is 0. The van der Waals surface area contributed by atoms with Gasteiger partial charge < -0.3 is 5.32 Å². The number of nitrogens with one attached hydrogen (secondary N) is 1. The second-order valence-corrected chi connectivity index (χ2v) is 5.73. The van der Waals surface area contributed by atoms with Gasteiger partial charge in [-0.1, -0.05) is 35.3 Å². The predicted octanol–water partition coefficient (Wildman–Crippen LogP) is 5.71. The number of pyridine rings is 1. The molecule has 1 heterocycles. The number of fused-ring (bicyclic) bond motifs is 1. The third-order valence-electron chi connectivity index (χ3n) is 3.46. The van der Waals surface area contributed by atoms with E-state index in [-0.39, 0.29) is 6.04 Å². The minimum Gasteiger partial charge on any atom is -0.378 e. The molecule has 0 spiro atoms. The Morgan fingerprint density at radius 3 is 2.67 bits per heavy atom. The summed E-state index contributed by atoms with van der Waals surface area (Å²) in [4.78, 5) is 4.37. The van der Waals surface area contributed by atoms with Crippen LogP contribution in [0.2, 0.25) is 10.0 Å². The Balaban J connectivity index is 1.92. The summed E-state index contributed by atoms with van der Waals surface area (Å²) in [7, 11) is 0. The van der Waals surface area contributed by atoms with Crippen LogP contribution in [0.4, 0.5) is 5.69 Å². The first-order valence-electron chi connectivity index (χ1n) is 6.70. The summed E-state index contributed by atoms with van der Waals surface area (Å²) >= 11 is 12.0. The number of hydrogen-bond donors (Lipinski definition) is 1. The van der Waals surface area contributed by atoms with E-state index in [2.05, 4.69) is 29.4 Å². The average molecular weight is 317 g/mol. The Hall–Kier alpha value is -1.77. The molecule has 0 bridgehead atoms. The number of rotatable bonds is 3. The molecule has 0 radical (unpaired) electrons. The molecule has 4 heteroatoms.